The van der Waals surface area contributed by atoms with E-state index < -0.39 is 16.6 Å². The van der Waals surface area contributed by atoms with Crippen LogP contribution in [0.25, 0.3) is 0 Å². The maximum Gasteiger partial charge on any atom is 0.306 e. The number of nitrogens with one attached hydrogen (secondary N) is 2. The number of piperidine rings is 2. The molecule has 6 heteroatoms. The van der Waals surface area contributed by atoms with Crippen LogP contribution in [0.4, 0.5) is 0 Å². The zero-order valence-corrected chi connectivity index (χ0v) is 19.4. The summed E-state index contributed by atoms with van der Waals surface area (Å²) in [6, 6.07) is 0. The minimum absolute atomic E-state index is 0.213. The standard InChI is InChI=1S/C23H42N2O4/c1-21(2,15-19(26)28-22(3,4)17-7-11-24-12-8-17)16-20(27)29-23(5,6)18-9-13-25-14-10-18/h17-18,24-25H,7-16H2,1-6H3. The molecule has 2 saturated heterocycles. The largest absolute Gasteiger partial charge is 0.459 e. The van der Waals surface area contributed by atoms with Crippen LogP contribution in [-0.2, 0) is 19.1 Å². The van der Waals surface area contributed by atoms with Gasteiger partial charge >= 0.3 is 11.9 Å². The third kappa shape index (κ3) is 7.56. The van der Waals surface area contributed by atoms with Gasteiger partial charge in [-0.05, 0) is 85.0 Å². The summed E-state index contributed by atoms with van der Waals surface area (Å²) in [6.07, 6.45) is 4.49. The van der Waals surface area contributed by atoms with Crippen LogP contribution < -0.4 is 10.6 Å². The van der Waals surface area contributed by atoms with Gasteiger partial charge in [0.2, 0.25) is 0 Å². The Morgan fingerprint density at radius 2 is 1.00 bits per heavy atom. The monoisotopic (exact) mass is 410 g/mol. The van der Waals surface area contributed by atoms with Crippen LogP contribution in [0.3, 0.4) is 0 Å². The Balaban J connectivity index is 1.84. The van der Waals surface area contributed by atoms with Gasteiger partial charge in [-0.2, -0.15) is 0 Å². The van der Waals surface area contributed by atoms with Crippen LogP contribution in [0, 0.1) is 17.3 Å². The van der Waals surface area contributed by atoms with Gasteiger partial charge in [-0.25, -0.2) is 0 Å². The SMILES string of the molecule is CC(C)(CC(=O)OC(C)(C)C1CCNCC1)CC(=O)OC(C)(C)C1CCNCC1. The van der Waals surface area contributed by atoms with Crippen molar-refractivity contribution in [2.45, 2.75) is 91.3 Å². The van der Waals surface area contributed by atoms with Crippen molar-refractivity contribution in [3.05, 3.63) is 0 Å². The van der Waals surface area contributed by atoms with Crippen molar-refractivity contribution in [3.8, 4) is 0 Å². The minimum atomic E-state index is -0.497. The van der Waals surface area contributed by atoms with Crippen molar-refractivity contribution in [1.82, 2.24) is 10.6 Å². The Labute approximate surface area is 176 Å². The summed E-state index contributed by atoms with van der Waals surface area (Å²) < 4.78 is 11.7. The van der Waals surface area contributed by atoms with Gasteiger partial charge in [-0.3, -0.25) is 9.59 Å². The highest BCUT2D eigenvalue weighted by Crippen LogP contribution is 2.34. The number of rotatable bonds is 8. The number of esters is 2. The lowest BCUT2D eigenvalue weighted by atomic mass is 9.82. The molecule has 168 valence electrons. The second-order valence-electron chi connectivity index (χ2n) is 10.7. The molecule has 6 nitrogen and oxygen atoms in total. The molecule has 2 heterocycles. The highest BCUT2D eigenvalue weighted by Gasteiger charge is 2.38. The summed E-state index contributed by atoms with van der Waals surface area (Å²) in [4.78, 5) is 25.3. The first-order valence-electron chi connectivity index (χ1n) is 11.3. The summed E-state index contributed by atoms with van der Waals surface area (Å²) in [5.74, 6) is 0.269. The second kappa shape index (κ2) is 9.78. The Morgan fingerprint density at radius 3 is 1.31 bits per heavy atom. The van der Waals surface area contributed by atoms with E-state index in [9.17, 15) is 9.59 Å². The van der Waals surface area contributed by atoms with Crippen LogP contribution in [-0.4, -0.2) is 49.3 Å². The van der Waals surface area contributed by atoms with Gasteiger partial charge in [-0.1, -0.05) is 13.8 Å². The lowest BCUT2D eigenvalue weighted by molar-refractivity contribution is -0.169. The number of hydrogen-bond acceptors (Lipinski definition) is 6. The van der Waals surface area contributed by atoms with E-state index in [2.05, 4.69) is 10.6 Å². The molecular formula is C23H42N2O4. The normalized spacial score (nSPS) is 20.3. The average Bonchev–Trinajstić information content (AvgIpc) is 2.61. The van der Waals surface area contributed by atoms with Crippen molar-refractivity contribution in [1.29, 1.82) is 0 Å². The zero-order chi connectivity index (χ0) is 21.7. The van der Waals surface area contributed by atoms with Crippen LogP contribution in [0.2, 0.25) is 0 Å². The third-order valence-electron chi connectivity index (χ3n) is 6.64. The first-order chi connectivity index (χ1) is 13.4. The Kier molecular flexibility index (Phi) is 8.14. The lowest BCUT2D eigenvalue weighted by Crippen LogP contribution is -2.44. The second-order valence-corrected chi connectivity index (χ2v) is 10.7. The van der Waals surface area contributed by atoms with Crippen LogP contribution in [0.15, 0.2) is 0 Å². The molecule has 0 atom stereocenters. The topological polar surface area (TPSA) is 76.7 Å². The molecule has 2 rings (SSSR count). The van der Waals surface area contributed by atoms with Gasteiger partial charge in [0, 0.05) is 11.8 Å². The summed E-state index contributed by atoms with van der Waals surface area (Å²) in [6.45, 7) is 15.8. The van der Waals surface area contributed by atoms with E-state index in [1.165, 1.54) is 0 Å². The highest BCUT2D eigenvalue weighted by molar-refractivity contribution is 5.74. The van der Waals surface area contributed by atoms with E-state index >= 15 is 0 Å². The lowest BCUT2D eigenvalue weighted by Gasteiger charge is -2.38. The third-order valence-corrected chi connectivity index (χ3v) is 6.64. The zero-order valence-electron chi connectivity index (χ0n) is 19.4. The van der Waals surface area contributed by atoms with Crippen molar-refractivity contribution in [2.75, 3.05) is 26.2 Å². The van der Waals surface area contributed by atoms with Crippen molar-refractivity contribution in [3.63, 3.8) is 0 Å². The van der Waals surface area contributed by atoms with Crippen molar-refractivity contribution < 1.29 is 19.1 Å². The van der Waals surface area contributed by atoms with Gasteiger partial charge in [0.1, 0.15) is 11.2 Å². The molecule has 2 aliphatic heterocycles. The van der Waals surface area contributed by atoms with E-state index in [1.807, 2.05) is 41.5 Å². The molecule has 0 unspecified atom stereocenters. The molecule has 2 fully saturated rings. The molecule has 0 radical (unpaired) electrons. The molecular weight excluding hydrogens is 368 g/mol. The fourth-order valence-electron chi connectivity index (χ4n) is 4.70. The fraction of sp³-hybridized carbons (Fsp3) is 0.913. The van der Waals surface area contributed by atoms with Crippen LogP contribution in [0.1, 0.15) is 80.1 Å². The minimum Gasteiger partial charge on any atom is -0.459 e. The molecule has 0 aromatic heterocycles. The van der Waals surface area contributed by atoms with E-state index in [0.29, 0.717) is 11.8 Å². The molecule has 0 spiro atoms. The summed E-state index contributed by atoms with van der Waals surface area (Å²) >= 11 is 0. The molecule has 0 saturated carbocycles. The summed E-state index contributed by atoms with van der Waals surface area (Å²) in [7, 11) is 0. The molecule has 0 aliphatic carbocycles. The number of ether oxygens (including phenoxy) is 2. The average molecular weight is 411 g/mol. The smallest absolute Gasteiger partial charge is 0.306 e. The van der Waals surface area contributed by atoms with Crippen molar-refractivity contribution in [2.24, 2.45) is 17.3 Å². The summed E-state index contributed by atoms with van der Waals surface area (Å²) in [5, 5.41) is 6.69. The Bertz CT molecular complexity index is 511. The van der Waals surface area contributed by atoms with Crippen LogP contribution >= 0.6 is 0 Å². The van der Waals surface area contributed by atoms with Gasteiger partial charge in [0.05, 0.1) is 12.8 Å². The van der Waals surface area contributed by atoms with E-state index in [-0.39, 0.29) is 24.8 Å². The molecule has 29 heavy (non-hydrogen) atoms. The number of carbonyl (C=O) groups is 2. The molecule has 2 aliphatic rings. The first kappa shape index (κ1) is 24.1. The maximum absolute atomic E-state index is 12.6. The predicted octanol–water partition coefficient (Wildman–Crippen LogP) is 3.44. The summed E-state index contributed by atoms with van der Waals surface area (Å²) in [5.41, 5.74) is -1.46. The van der Waals surface area contributed by atoms with E-state index in [0.717, 1.165) is 51.9 Å². The Hall–Kier alpha value is -1.14. The predicted molar refractivity (Wildman–Crippen MR) is 115 cm³/mol. The van der Waals surface area contributed by atoms with Gasteiger partial charge in [-0.15, -0.1) is 0 Å². The maximum atomic E-state index is 12.6. The highest BCUT2D eigenvalue weighted by atomic mass is 16.6. The Morgan fingerprint density at radius 1 is 0.690 bits per heavy atom. The quantitative estimate of drug-likeness (QED) is 0.597. The van der Waals surface area contributed by atoms with Gasteiger partial charge in [0.15, 0.2) is 0 Å². The number of hydrogen-bond donors (Lipinski definition) is 2. The molecule has 0 aromatic rings. The molecule has 0 aromatic carbocycles. The molecule has 0 amide bonds. The fourth-order valence-corrected chi connectivity index (χ4v) is 4.70. The van der Waals surface area contributed by atoms with Gasteiger partial charge in [0.25, 0.3) is 0 Å². The molecule has 0 bridgehead atoms. The molecule has 2 N–H and O–H groups in total. The first-order valence-corrected chi connectivity index (χ1v) is 11.3. The number of carbonyl (C=O) groups excluding carboxylic acids is 2. The van der Waals surface area contributed by atoms with E-state index in [1.54, 1.807) is 0 Å². The van der Waals surface area contributed by atoms with Crippen molar-refractivity contribution >= 4 is 11.9 Å². The van der Waals surface area contributed by atoms with Crippen LogP contribution in [0.5, 0.6) is 0 Å². The van der Waals surface area contributed by atoms with Gasteiger partial charge < -0.3 is 20.1 Å². The van der Waals surface area contributed by atoms with E-state index in [4.69, 9.17) is 9.47 Å².